The molecular formula is C15H21NO2. The van der Waals surface area contributed by atoms with Gasteiger partial charge < -0.3 is 10.1 Å². The Hall–Kier alpha value is -1.35. The zero-order valence-electron chi connectivity index (χ0n) is 11.2. The van der Waals surface area contributed by atoms with Crippen LogP contribution in [0.25, 0.3) is 0 Å². The molecule has 1 aromatic rings. The highest BCUT2D eigenvalue weighted by molar-refractivity contribution is 5.80. The second kappa shape index (κ2) is 5.53. The Morgan fingerprint density at radius 1 is 1.44 bits per heavy atom. The number of rotatable bonds is 6. The molecule has 1 N–H and O–H groups in total. The molecule has 3 nitrogen and oxygen atoms in total. The van der Waals surface area contributed by atoms with E-state index in [4.69, 9.17) is 4.74 Å². The predicted octanol–water partition coefficient (Wildman–Crippen LogP) is 2.08. The molecule has 0 amide bonds. The van der Waals surface area contributed by atoms with Crippen LogP contribution in [0.1, 0.15) is 24.0 Å². The van der Waals surface area contributed by atoms with Crippen molar-refractivity contribution in [2.45, 2.75) is 26.2 Å². The summed E-state index contributed by atoms with van der Waals surface area (Å²) in [6.45, 7) is 3.75. The second-order valence-corrected chi connectivity index (χ2v) is 5.19. The number of carbonyl (C=O) groups excluding carboxylic acids is 1. The van der Waals surface area contributed by atoms with E-state index in [1.54, 1.807) is 0 Å². The molecule has 0 bridgehead atoms. The van der Waals surface area contributed by atoms with Crippen LogP contribution in [0.3, 0.4) is 0 Å². The molecule has 3 heteroatoms. The number of carbonyl (C=O) groups is 1. The maximum absolute atomic E-state index is 11.5. The van der Waals surface area contributed by atoms with E-state index < -0.39 is 0 Å². The SMILES string of the molecule is COC(=O)C1(CNCCc2cccc(C)c2)CC1. The van der Waals surface area contributed by atoms with Crippen molar-refractivity contribution in [1.29, 1.82) is 0 Å². The fourth-order valence-electron chi connectivity index (χ4n) is 2.25. The first-order valence-corrected chi connectivity index (χ1v) is 6.51. The van der Waals surface area contributed by atoms with Crippen LogP contribution in [0.2, 0.25) is 0 Å². The zero-order chi connectivity index (χ0) is 13.0. The Balaban J connectivity index is 1.72. The lowest BCUT2D eigenvalue weighted by molar-refractivity contribution is -0.146. The van der Waals surface area contributed by atoms with Crippen LogP contribution in [-0.4, -0.2) is 26.2 Å². The minimum Gasteiger partial charge on any atom is -0.469 e. The van der Waals surface area contributed by atoms with E-state index in [0.717, 1.165) is 32.4 Å². The number of hydrogen-bond acceptors (Lipinski definition) is 3. The Bertz CT molecular complexity index is 424. The van der Waals surface area contributed by atoms with Crippen molar-refractivity contribution >= 4 is 5.97 Å². The van der Waals surface area contributed by atoms with E-state index in [9.17, 15) is 4.79 Å². The highest BCUT2D eigenvalue weighted by Gasteiger charge is 2.50. The van der Waals surface area contributed by atoms with E-state index in [1.807, 2.05) is 0 Å². The minimum atomic E-state index is -0.221. The monoisotopic (exact) mass is 247 g/mol. The largest absolute Gasteiger partial charge is 0.469 e. The number of benzene rings is 1. The van der Waals surface area contributed by atoms with Gasteiger partial charge >= 0.3 is 5.97 Å². The third-order valence-corrected chi connectivity index (χ3v) is 3.61. The molecule has 0 unspecified atom stereocenters. The summed E-state index contributed by atoms with van der Waals surface area (Å²) in [7, 11) is 1.47. The summed E-state index contributed by atoms with van der Waals surface area (Å²) in [5, 5.41) is 3.37. The van der Waals surface area contributed by atoms with Crippen LogP contribution in [0.15, 0.2) is 24.3 Å². The molecule has 1 aromatic carbocycles. The highest BCUT2D eigenvalue weighted by atomic mass is 16.5. The van der Waals surface area contributed by atoms with Crippen molar-refractivity contribution in [3.8, 4) is 0 Å². The molecule has 1 fully saturated rings. The lowest BCUT2D eigenvalue weighted by Gasteiger charge is -2.13. The third kappa shape index (κ3) is 3.10. The minimum absolute atomic E-state index is 0.0643. The van der Waals surface area contributed by atoms with E-state index in [-0.39, 0.29) is 11.4 Å². The lowest BCUT2D eigenvalue weighted by atomic mass is 10.1. The van der Waals surface area contributed by atoms with Crippen molar-refractivity contribution in [1.82, 2.24) is 5.32 Å². The number of esters is 1. The van der Waals surface area contributed by atoms with Crippen LogP contribution in [0, 0.1) is 12.3 Å². The summed E-state index contributed by atoms with van der Waals surface area (Å²) in [5.41, 5.74) is 2.41. The van der Waals surface area contributed by atoms with Crippen LogP contribution < -0.4 is 5.32 Å². The van der Waals surface area contributed by atoms with Crippen LogP contribution >= 0.6 is 0 Å². The van der Waals surface area contributed by atoms with Gasteiger partial charge in [0.25, 0.3) is 0 Å². The average Bonchev–Trinajstić information content (AvgIpc) is 3.15. The third-order valence-electron chi connectivity index (χ3n) is 3.61. The summed E-state index contributed by atoms with van der Waals surface area (Å²) in [6.07, 6.45) is 2.91. The summed E-state index contributed by atoms with van der Waals surface area (Å²) in [4.78, 5) is 11.5. The summed E-state index contributed by atoms with van der Waals surface area (Å²) in [5.74, 6) is -0.0643. The van der Waals surface area contributed by atoms with Crippen molar-refractivity contribution in [2.24, 2.45) is 5.41 Å². The molecule has 0 aromatic heterocycles. The standard InChI is InChI=1S/C15H21NO2/c1-12-4-3-5-13(10-12)6-9-16-11-15(7-8-15)14(17)18-2/h3-5,10,16H,6-9,11H2,1-2H3. The molecule has 0 heterocycles. The van der Waals surface area contributed by atoms with Gasteiger partial charge in [-0.05, 0) is 38.3 Å². The van der Waals surface area contributed by atoms with Gasteiger partial charge in [-0.25, -0.2) is 0 Å². The van der Waals surface area contributed by atoms with Crippen LogP contribution in [0.5, 0.6) is 0 Å². The number of nitrogens with one attached hydrogen (secondary N) is 1. The van der Waals surface area contributed by atoms with Crippen molar-refractivity contribution in [2.75, 3.05) is 20.2 Å². The predicted molar refractivity (Wildman–Crippen MR) is 71.4 cm³/mol. The Kier molecular flexibility index (Phi) is 4.02. The molecule has 0 saturated heterocycles. The number of methoxy groups -OCH3 is 1. The summed E-state index contributed by atoms with van der Waals surface area (Å²) in [6, 6.07) is 8.53. The molecule has 0 aliphatic heterocycles. The maximum Gasteiger partial charge on any atom is 0.313 e. The molecule has 1 aliphatic carbocycles. The number of aryl methyl sites for hydroxylation is 1. The first kappa shape index (κ1) is 13.1. The first-order valence-electron chi connectivity index (χ1n) is 6.51. The van der Waals surface area contributed by atoms with E-state index in [2.05, 4.69) is 36.5 Å². The molecule has 0 atom stereocenters. The molecular weight excluding hydrogens is 226 g/mol. The van der Waals surface area contributed by atoms with E-state index in [0.29, 0.717) is 0 Å². The fourth-order valence-corrected chi connectivity index (χ4v) is 2.25. The second-order valence-electron chi connectivity index (χ2n) is 5.19. The number of hydrogen-bond donors (Lipinski definition) is 1. The van der Waals surface area contributed by atoms with Crippen molar-refractivity contribution in [3.05, 3.63) is 35.4 Å². The average molecular weight is 247 g/mol. The van der Waals surface area contributed by atoms with Gasteiger partial charge in [-0.2, -0.15) is 0 Å². The molecule has 98 valence electrons. The molecule has 0 spiro atoms. The molecule has 18 heavy (non-hydrogen) atoms. The molecule has 1 saturated carbocycles. The highest BCUT2D eigenvalue weighted by Crippen LogP contribution is 2.45. The fraction of sp³-hybridized carbons (Fsp3) is 0.533. The number of ether oxygens (including phenoxy) is 1. The topological polar surface area (TPSA) is 38.3 Å². The van der Waals surface area contributed by atoms with Gasteiger partial charge in [-0.1, -0.05) is 29.8 Å². The molecule has 0 radical (unpaired) electrons. The first-order chi connectivity index (χ1) is 8.66. The maximum atomic E-state index is 11.5. The smallest absolute Gasteiger partial charge is 0.313 e. The lowest BCUT2D eigenvalue weighted by Crippen LogP contribution is -2.32. The van der Waals surface area contributed by atoms with Gasteiger partial charge in [0.1, 0.15) is 0 Å². The Morgan fingerprint density at radius 2 is 2.22 bits per heavy atom. The Morgan fingerprint density at radius 3 is 2.83 bits per heavy atom. The van der Waals surface area contributed by atoms with Gasteiger partial charge in [0.15, 0.2) is 0 Å². The zero-order valence-corrected chi connectivity index (χ0v) is 11.2. The van der Waals surface area contributed by atoms with Gasteiger partial charge in [0, 0.05) is 6.54 Å². The van der Waals surface area contributed by atoms with Gasteiger partial charge in [0.2, 0.25) is 0 Å². The summed E-state index contributed by atoms with van der Waals surface area (Å²) < 4.78 is 4.83. The van der Waals surface area contributed by atoms with Gasteiger partial charge in [-0.15, -0.1) is 0 Å². The van der Waals surface area contributed by atoms with Crippen LogP contribution in [-0.2, 0) is 16.0 Å². The normalized spacial score (nSPS) is 16.3. The van der Waals surface area contributed by atoms with Crippen LogP contribution in [0.4, 0.5) is 0 Å². The molecule has 1 aliphatic rings. The van der Waals surface area contributed by atoms with Crippen molar-refractivity contribution in [3.63, 3.8) is 0 Å². The quantitative estimate of drug-likeness (QED) is 0.618. The summed E-state index contributed by atoms with van der Waals surface area (Å²) >= 11 is 0. The van der Waals surface area contributed by atoms with Gasteiger partial charge in [-0.3, -0.25) is 4.79 Å². The Labute approximate surface area is 109 Å². The van der Waals surface area contributed by atoms with Crippen molar-refractivity contribution < 1.29 is 9.53 Å². The van der Waals surface area contributed by atoms with Gasteiger partial charge in [0.05, 0.1) is 12.5 Å². The van der Waals surface area contributed by atoms with E-state index >= 15 is 0 Å². The van der Waals surface area contributed by atoms with E-state index in [1.165, 1.54) is 18.2 Å². The molecule has 2 rings (SSSR count).